The maximum Gasteiger partial charge on any atom is 0.278 e. The number of hydrogen-bond acceptors (Lipinski definition) is 3. The molecular formula is C10H13F2NO2. The monoisotopic (exact) mass is 217 g/mol. The van der Waals surface area contributed by atoms with E-state index in [1.807, 2.05) is 0 Å². The fourth-order valence-corrected chi connectivity index (χ4v) is 1.30. The molecule has 0 aliphatic rings. The van der Waals surface area contributed by atoms with E-state index in [-0.39, 0.29) is 23.6 Å². The van der Waals surface area contributed by atoms with Crippen molar-refractivity contribution in [3.63, 3.8) is 0 Å². The average Bonchev–Trinajstić information content (AvgIpc) is 2.17. The van der Waals surface area contributed by atoms with Crippen molar-refractivity contribution >= 4 is 0 Å². The largest absolute Gasteiger partial charge is 0.508 e. The summed E-state index contributed by atoms with van der Waals surface area (Å²) in [6, 6.07) is 3.49. The van der Waals surface area contributed by atoms with Crippen molar-refractivity contribution in [3.8, 4) is 11.5 Å². The van der Waals surface area contributed by atoms with Gasteiger partial charge in [0.25, 0.3) is 5.92 Å². The summed E-state index contributed by atoms with van der Waals surface area (Å²) in [5.41, 5.74) is 4.85. The van der Waals surface area contributed by atoms with Gasteiger partial charge in [0.05, 0.1) is 12.7 Å². The molecule has 0 bridgehead atoms. The van der Waals surface area contributed by atoms with E-state index in [0.29, 0.717) is 0 Å². The van der Waals surface area contributed by atoms with Gasteiger partial charge >= 0.3 is 0 Å². The van der Waals surface area contributed by atoms with Gasteiger partial charge in [-0.05, 0) is 18.7 Å². The molecule has 0 aromatic heterocycles. The van der Waals surface area contributed by atoms with Crippen LogP contribution in [0.1, 0.15) is 12.0 Å². The van der Waals surface area contributed by atoms with Gasteiger partial charge in [0.15, 0.2) is 0 Å². The van der Waals surface area contributed by atoms with E-state index in [1.54, 1.807) is 0 Å². The Morgan fingerprint density at radius 1 is 1.47 bits per heavy atom. The standard InChI is InChI=1S/C10H13F2NO2/c1-15-9-6-7(14)2-3-8(9)10(11,12)4-5-13/h2-3,6,14H,4-5,13H2,1H3. The first-order valence-electron chi connectivity index (χ1n) is 4.46. The van der Waals surface area contributed by atoms with E-state index in [2.05, 4.69) is 0 Å². The molecule has 0 aliphatic carbocycles. The number of hydrogen-bond donors (Lipinski definition) is 2. The van der Waals surface area contributed by atoms with Crippen LogP contribution in [0.5, 0.6) is 11.5 Å². The zero-order valence-corrected chi connectivity index (χ0v) is 8.34. The summed E-state index contributed by atoms with van der Waals surface area (Å²) >= 11 is 0. The number of benzene rings is 1. The third-order valence-corrected chi connectivity index (χ3v) is 2.04. The number of halogens is 2. The summed E-state index contributed by atoms with van der Waals surface area (Å²) in [7, 11) is 1.27. The van der Waals surface area contributed by atoms with Gasteiger partial charge in [-0.3, -0.25) is 0 Å². The van der Waals surface area contributed by atoms with Crippen LogP contribution in [0.3, 0.4) is 0 Å². The predicted octanol–water partition coefficient (Wildman–Crippen LogP) is 1.84. The Labute approximate surface area is 86.5 Å². The van der Waals surface area contributed by atoms with E-state index in [0.717, 1.165) is 12.1 Å². The molecule has 0 saturated carbocycles. The van der Waals surface area contributed by atoms with Gasteiger partial charge in [-0.2, -0.15) is 0 Å². The number of phenolic OH excluding ortho intramolecular Hbond substituents is 1. The zero-order valence-electron chi connectivity index (χ0n) is 8.34. The zero-order chi connectivity index (χ0) is 11.5. The minimum absolute atomic E-state index is 0.0338. The molecule has 0 unspecified atom stereocenters. The van der Waals surface area contributed by atoms with Crippen LogP contribution in [0.25, 0.3) is 0 Å². The lowest BCUT2D eigenvalue weighted by molar-refractivity contribution is -0.0128. The molecule has 15 heavy (non-hydrogen) atoms. The van der Waals surface area contributed by atoms with Crippen LogP contribution in [0.4, 0.5) is 8.78 Å². The summed E-state index contributed by atoms with van der Waals surface area (Å²) < 4.78 is 31.8. The Hall–Kier alpha value is -1.36. The Morgan fingerprint density at radius 2 is 2.13 bits per heavy atom. The fourth-order valence-electron chi connectivity index (χ4n) is 1.30. The first-order valence-corrected chi connectivity index (χ1v) is 4.46. The summed E-state index contributed by atoms with van der Waals surface area (Å²) in [5.74, 6) is -3.18. The Balaban J connectivity index is 3.12. The first kappa shape index (κ1) is 11.7. The lowest BCUT2D eigenvalue weighted by Crippen LogP contribution is -2.19. The van der Waals surface area contributed by atoms with Gasteiger partial charge < -0.3 is 15.6 Å². The van der Waals surface area contributed by atoms with Gasteiger partial charge in [0, 0.05) is 12.5 Å². The molecule has 5 heteroatoms. The van der Waals surface area contributed by atoms with Gasteiger partial charge in [0.2, 0.25) is 0 Å². The molecule has 84 valence electrons. The minimum Gasteiger partial charge on any atom is -0.508 e. The average molecular weight is 217 g/mol. The van der Waals surface area contributed by atoms with Gasteiger partial charge in [-0.25, -0.2) is 8.78 Å². The highest BCUT2D eigenvalue weighted by atomic mass is 19.3. The predicted molar refractivity (Wildman–Crippen MR) is 52.2 cm³/mol. The van der Waals surface area contributed by atoms with E-state index >= 15 is 0 Å². The number of ether oxygens (including phenoxy) is 1. The smallest absolute Gasteiger partial charge is 0.278 e. The molecule has 3 nitrogen and oxygen atoms in total. The van der Waals surface area contributed by atoms with Crippen molar-refractivity contribution in [3.05, 3.63) is 23.8 Å². The number of phenols is 1. The molecule has 3 N–H and O–H groups in total. The molecule has 0 amide bonds. The Morgan fingerprint density at radius 3 is 2.67 bits per heavy atom. The van der Waals surface area contributed by atoms with Crippen LogP contribution in [0.2, 0.25) is 0 Å². The number of methoxy groups -OCH3 is 1. The van der Waals surface area contributed by atoms with Crippen LogP contribution in [0, 0.1) is 0 Å². The summed E-state index contributed by atoms with van der Waals surface area (Å²) in [5, 5.41) is 9.11. The molecule has 0 saturated heterocycles. The molecular weight excluding hydrogens is 204 g/mol. The maximum atomic E-state index is 13.5. The number of alkyl halides is 2. The normalized spacial score (nSPS) is 11.5. The van der Waals surface area contributed by atoms with Crippen molar-refractivity contribution < 1.29 is 18.6 Å². The van der Waals surface area contributed by atoms with Gasteiger partial charge in [0.1, 0.15) is 11.5 Å². The summed E-state index contributed by atoms with van der Waals surface area (Å²) in [6.07, 6.45) is -0.450. The highest BCUT2D eigenvalue weighted by Crippen LogP contribution is 2.38. The Bertz CT molecular complexity index is 342. The second-order valence-electron chi connectivity index (χ2n) is 3.13. The second-order valence-corrected chi connectivity index (χ2v) is 3.13. The van der Waals surface area contributed by atoms with Gasteiger partial charge in [-0.15, -0.1) is 0 Å². The second kappa shape index (κ2) is 4.44. The van der Waals surface area contributed by atoms with E-state index in [4.69, 9.17) is 15.6 Å². The number of aromatic hydroxyl groups is 1. The SMILES string of the molecule is COc1cc(O)ccc1C(F)(F)CCN. The molecule has 0 radical (unpaired) electrons. The molecule has 0 spiro atoms. The van der Waals surface area contributed by atoms with Crippen LogP contribution >= 0.6 is 0 Å². The van der Waals surface area contributed by atoms with Crippen molar-refractivity contribution in [2.75, 3.05) is 13.7 Å². The van der Waals surface area contributed by atoms with Crippen molar-refractivity contribution in [2.24, 2.45) is 5.73 Å². The highest BCUT2D eigenvalue weighted by molar-refractivity contribution is 5.42. The lowest BCUT2D eigenvalue weighted by atomic mass is 10.0. The molecule has 0 fully saturated rings. The number of rotatable bonds is 4. The molecule has 1 aromatic carbocycles. The van der Waals surface area contributed by atoms with E-state index < -0.39 is 12.3 Å². The first-order chi connectivity index (χ1) is 7.01. The topological polar surface area (TPSA) is 55.5 Å². The summed E-state index contributed by atoms with van der Waals surface area (Å²) in [4.78, 5) is 0. The fraction of sp³-hybridized carbons (Fsp3) is 0.400. The highest BCUT2D eigenvalue weighted by Gasteiger charge is 2.33. The minimum atomic E-state index is -3.03. The number of nitrogens with two attached hydrogens (primary N) is 1. The van der Waals surface area contributed by atoms with Crippen molar-refractivity contribution in [1.29, 1.82) is 0 Å². The maximum absolute atomic E-state index is 13.5. The van der Waals surface area contributed by atoms with E-state index in [1.165, 1.54) is 13.2 Å². The molecule has 0 heterocycles. The lowest BCUT2D eigenvalue weighted by Gasteiger charge is -2.18. The molecule has 1 rings (SSSR count). The van der Waals surface area contributed by atoms with E-state index in [9.17, 15) is 8.78 Å². The van der Waals surface area contributed by atoms with Crippen molar-refractivity contribution in [1.82, 2.24) is 0 Å². The van der Waals surface area contributed by atoms with Gasteiger partial charge in [-0.1, -0.05) is 0 Å². The van der Waals surface area contributed by atoms with Crippen LogP contribution in [0.15, 0.2) is 18.2 Å². The van der Waals surface area contributed by atoms with Crippen LogP contribution < -0.4 is 10.5 Å². The van der Waals surface area contributed by atoms with Crippen molar-refractivity contribution in [2.45, 2.75) is 12.3 Å². The van der Waals surface area contributed by atoms with Crippen LogP contribution in [-0.2, 0) is 5.92 Å². The molecule has 1 aromatic rings. The van der Waals surface area contributed by atoms with Crippen LogP contribution in [-0.4, -0.2) is 18.8 Å². The Kier molecular flexibility index (Phi) is 3.47. The molecule has 0 aliphatic heterocycles. The third-order valence-electron chi connectivity index (χ3n) is 2.04. The quantitative estimate of drug-likeness (QED) is 0.809. The third kappa shape index (κ3) is 2.56. The molecule has 0 atom stereocenters. The summed E-state index contributed by atoms with van der Waals surface area (Å²) in [6.45, 7) is -0.114.